The average molecular weight is 399 g/mol. The molecule has 2 aromatic carbocycles. The lowest BCUT2D eigenvalue weighted by atomic mass is 10.2. The molecule has 1 aliphatic rings. The lowest BCUT2D eigenvalue weighted by molar-refractivity contribution is 0.102. The van der Waals surface area contributed by atoms with E-state index in [0.717, 1.165) is 0 Å². The number of methoxy groups -OCH3 is 1. The molecule has 0 saturated carbocycles. The average Bonchev–Trinajstić information content (AvgIpc) is 2.56. The van der Waals surface area contributed by atoms with Crippen LogP contribution in [0.3, 0.4) is 0 Å². The highest BCUT2D eigenvalue weighted by Crippen LogP contribution is 2.38. The maximum Gasteiger partial charge on any atom is 0.256 e. The quantitative estimate of drug-likeness (QED) is 0.844. The Bertz CT molecular complexity index is 766. The summed E-state index contributed by atoms with van der Waals surface area (Å²) in [6.07, 6.45) is 0. The fraction of sp³-hybridized carbons (Fsp3) is 0.188. The van der Waals surface area contributed by atoms with Gasteiger partial charge in [-0.05, 0) is 34.1 Å². The van der Waals surface area contributed by atoms with Crippen molar-refractivity contribution in [2.45, 2.75) is 0 Å². The second-order valence-corrected chi connectivity index (χ2v) is 6.04. The minimum atomic E-state index is -0.311. The molecule has 0 bridgehead atoms. The molecule has 0 aromatic heterocycles. The van der Waals surface area contributed by atoms with Crippen molar-refractivity contribution in [2.24, 2.45) is 0 Å². The van der Waals surface area contributed by atoms with E-state index in [1.165, 1.54) is 0 Å². The number of carbonyl (C=O) groups excluding carboxylic acids is 1. The van der Waals surface area contributed by atoms with Crippen LogP contribution >= 0.6 is 27.5 Å². The number of fused-ring (bicyclic) bond motifs is 1. The molecule has 0 atom stereocenters. The number of halogens is 2. The van der Waals surface area contributed by atoms with Gasteiger partial charge in [0.05, 0.1) is 23.4 Å². The summed E-state index contributed by atoms with van der Waals surface area (Å²) >= 11 is 9.56. The van der Waals surface area contributed by atoms with Crippen LogP contribution in [0.15, 0.2) is 34.8 Å². The van der Waals surface area contributed by atoms with Crippen molar-refractivity contribution < 1.29 is 19.0 Å². The second kappa shape index (κ2) is 6.68. The van der Waals surface area contributed by atoms with Gasteiger partial charge in [0.2, 0.25) is 0 Å². The van der Waals surface area contributed by atoms with Crippen LogP contribution in [-0.2, 0) is 0 Å². The number of hydrogen-bond acceptors (Lipinski definition) is 4. The predicted octanol–water partition coefficient (Wildman–Crippen LogP) is 4.13. The summed E-state index contributed by atoms with van der Waals surface area (Å²) in [4.78, 5) is 12.5. The number of hydrogen-bond donors (Lipinski definition) is 1. The molecular weight excluding hydrogens is 386 g/mol. The molecule has 120 valence electrons. The summed E-state index contributed by atoms with van der Waals surface area (Å²) < 4.78 is 16.8. The zero-order chi connectivity index (χ0) is 16.4. The molecule has 3 rings (SSSR count). The van der Waals surface area contributed by atoms with Gasteiger partial charge in [-0.1, -0.05) is 11.6 Å². The smallest absolute Gasteiger partial charge is 0.256 e. The molecule has 23 heavy (non-hydrogen) atoms. The molecule has 5 nitrogen and oxygen atoms in total. The van der Waals surface area contributed by atoms with E-state index >= 15 is 0 Å². The number of amides is 1. The molecule has 0 spiro atoms. The highest BCUT2D eigenvalue weighted by atomic mass is 79.9. The minimum absolute atomic E-state index is 0.311. The van der Waals surface area contributed by atoms with E-state index in [1.807, 2.05) is 0 Å². The zero-order valence-corrected chi connectivity index (χ0v) is 14.5. The Labute approximate surface area is 146 Å². The monoisotopic (exact) mass is 397 g/mol. The number of rotatable bonds is 3. The molecular formula is C16H13BrClNO4. The summed E-state index contributed by atoms with van der Waals surface area (Å²) in [5.74, 6) is 1.41. The van der Waals surface area contributed by atoms with Gasteiger partial charge in [0.1, 0.15) is 19.0 Å². The highest BCUT2D eigenvalue weighted by Gasteiger charge is 2.18. The summed E-state index contributed by atoms with van der Waals surface area (Å²) in [6, 6.07) is 8.44. The van der Waals surface area contributed by atoms with Crippen molar-refractivity contribution in [1.29, 1.82) is 0 Å². The largest absolute Gasteiger partial charge is 0.497 e. The topological polar surface area (TPSA) is 56.8 Å². The van der Waals surface area contributed by atoms with Crippen molar-refractivity contribution in [3.05, 3.63) is 45.4 Å². The Balaban J connectivity index is 1.88. The number of anilines is 1. The van der Waals surface area contributed by atoms with E-state index in [1.54, 1.807) is 37.4 Å². The van der Waals surface area contributed by atoms with Gasteiger partial charge in [-0.25, -0.2) is 0 Å². The number of carbonyl (C=O) groups is 1. The van der Waals surface area contributed by atoms with E-state index < -0.39 is 0 Å². The first-order chi connectivity index (χ1) is 11.1. The van der Waals surface area contributed by atoms with Gasteiger partial charge in [0.25, 0.3) is 5.91 Å². The van der Waals surface area contributed by atoms with Crippen molar-refractivity contribution in [3.63, 3.8) is 0 Å². The molecule has 0 radical (unpaired) electrons. The van der Waals surface area contributed by atoms with Gasteiger partial charge in [0, 0.05) is 16.6 Å². The van der Waals surface area contributed by atoms with Gasteiger partial charge in [-0.3, -0.25) is 4.79 Å². The highest BCUT2D eigenvalue weighted by molar-refractivity contribution is 9.10. The SMILES string of the molecule is COc1ccc(Br)c(C(=O)Nc2cc3c(cc2Cl)OCCO3)c1. The number of ether oxygens (including phenoxy) is 3. The maximum absolute atomic E-state index is 12.5. The predicted molar refractivity (Wildman–Crippen MR) is 91.1 cm³/mol. The third-order valence-corrected chi connectivity index (χ3v) is 4.30. The molecule has 1 heterocycles. The third kappa shape index (κ3) is 3.38. The first-order valence-electron chi connectivity index (χ1n) is 6.82. The van der Waals surface area contributed by atoms with E-state index in [-0.39, 0.29) is 5.91 Å². The van der Waals surface area contributed by atoms with Gasteiger partial charge < -0.3 is 19.5 Å². The van der Waals surface area contributed by atoms with Crippen LogP contribution < -0.4 is 19.5 Å². The van der Waals surface area contributed by atoms with Gasteiger partial charge in [0.15, 0.2) is 11.5 Å². The number of benzene rings is 2. The first-order valence-corrected chi connectivity index (χ1v) is 7.99. The molecule has 1 amide bonds. The zero-order valence-electron chi connectivity index (χ0n) is 12.2. The van der Waals surface area contributed by atoms with E-state index in [0.29, 0.717) is 51.2 Å². The van der Waals surface area contributed by atoms with Crippen LogP contribution in [0.2, 0.25) is 5.02 Å². The Morgan fingerprint density at radius 1 is 1.22 bits per heavy atom. The summed E-state index contributed by atoms with van der Waals surface area (Å²) in [5, 5.41) is 3.15. The Hall–Kier alpha value is -1.92. The summed E-state index contributed by atoms with van der Waals surface area (Å²) in [7, 11) is 1.54. The molecule has 1 N–H and O–H groups in total. The molecule has 1 aliphatic heterocycles. The van der Waals surface area contributed by atoms with Crippen molar-refractivity contribution in [1.82, 2.24) is 0 Å². The van der Waals surface area contributed by atoms with Gasteiger partial charge in [-0.15, -0.1) is 0 Å². The Morgan fingerprint density at radius 2 is 1.91 bits per heavy atom. The van der Waals surface area contributed by atoms with Gasteiger partial charge >= 0.3 is 0 Å². The molecule has 0 unspecified atom stereocenters. The van der Waals surface area contributed by atoms with E-state index in [9.17, 15) is 4.79 Å². The molecule has 7 heteroatoms. The van der Waals surface area contributed by atoms with Crippen LogP contribution in [0.1, 0.15) is 10.4 Å². The normalized spacial score (nSPS) is 12.7. The molecule has 0 saturated heterocycles. The van der Waals surface area contributed by atoms with Crippen LogP contribution in [0.4, 0.5) is 5.69 Å². The molecule has 0 aliphatic carbocycles. The van der Waals surface area contributed by atoms with Gasteiger partial charge in [-0.2, -0.15) is 0 Å². The standard InChI is InChI=1S/C16H13BrClNO4/c1-21-9-2-3-11(17)10(6-9)16(20)19-13-8-15-14(7-12(13)18)22-4-5-23-15/h2-3,6-8H,4-5H2,1H3,(H,19,20). The van der Waals surface area contributed by atoms with Crippen molar-refractivity contribution in [3.8, 4) is 17.2 Å². The van der Waals surface area contributed by atoms with Crippen LogP contribution in [-0.4, -0.2) is 26.2 Å². The lowest BCUT2D eigenvalue weighted by Gasteiger charge is -2.20. The second-order valence-electron chi connectivity index (χ2n) is 4.78. The van der Waals surface area contributed by atoms with Crippen molar-refractivity contribution >= 4 is 39.1 Å². The van der Waals surface area contributed by atoms with Crippen LogP contribution in [0, 0.1) is 0 Å². The fourth-order valence-electron chi connectivity index (χ4n) is 2.15. The van der Waals surface area contributed by atoms with E-state index in [4.69, 9.17) is 25.8 Å². The molecule has 0 fully saturated rings. The number of nitrogens with one attached hydrogen (secondary N) is 1. The maximum atomic E-state index is 12.5. The summed E-state index contributed by atoms with van der Waals surface area (Å²) in [5.41, 5.74) is 0.894. The van der Waals surface area contributed by atoms with Crippen LogP contribution in [0.5, 0.6) is 17.2 Å². The minimum Gasteiger partial charge on any atom is -0.497 e. The Morgan fingerprint density at radius 3 is 2.61 bits per heavy atom. The van der Waals surface area contributed by atoms with Crippen LogP contribution in [0.25, 0.3) is 0 Å². The van der Waals surface area contributed by atoms with Crippen molar-refractivity contribution in [2.75, 3.05) is 25.6 Å². The third-order valence-electron chi connectivity index (χ3n) is 3.30. The molecule has 2 aromatic rings. The summed E-state index contributed by atoms with van der Waals surface area (Å²) in [6.45, 7) is 0.940. The lowest BCUT2D eigenvalue weighted by Crippen LogP contribution is -2.17. The van der Waals surface area contributed by atoms with E-state index in [2.05, 4.69) is 21.2 Å². The fourth-order valence-corrected chi connectivity index (χ4v) is 2.78. The Kier molecular flexibility index (Phi) is 4.63. The first kappa shape index (κ1) is 16.0.